The quantitative estimate of drug-likeness (QED) is 0.381. The van der Waals surface area contributed by atoms with Crippen LogP contribution in [0.15, 0.2) is 48.6 Å². The Bertz CT molecular complexity index is 928. The summed E-state index contributed by atoms with van der Waals surface area (Å²) in [4.78, 5) is 40.0. The fourth-order valence-corrected chi connectivity index (χ4v) is 3.35. The molecule has 1 saturated heterocycles. The van der Waals surface area contributed by atoms with Crippen molar-refractivity contribution < 1.29 is 18.8 Å². The van der Waals surface area contributed by atoms with Crippen LogP contribution < -0.4 is 10.2 Å². The number of hydrogen-bond donors (Lipinski definition) is 1. The van der Waals surface area contributed by atoms with Gasteiger partial charge in [0.15, 0.2) is 0 Å². The molecule has 1 atom stereocenters. The third-order valence-electron chi connectivity index (χ3n) is 4.67. The summed E-state index contributed by atoms with van der Waals surface area (Å²) in [5.74, 6) is -2.12. The highest BCUT2D eigenvalue weighted by molar-refractivity contribution is 6.34. The monoisotopic (exact) mass is 433 g/mol. The zero-order valence-electron chi connectivity index (χ0n) is 17.3. The van der Waals surface area contributed by atoms with Crippen LogP contribution in [0, 0.1) is 5.82 Å². The van der Waals surface area contributed by atoms with E-state index in [0.29, 0.717) is 24.2 Å². The second kappa shape index (κ2) is 9.71. The molecule has 2 rings (SSSR count). The molecule has 1 N–H and O–H groups in total. The molecule has 1 heterocycles. The molecule has 0 saturated carbocycles. The average Bonchev–Trinajstić information content (AvgIpc) is 2.97. The lowest BCUT2D eigenvalue weighted by Gasteiger charge is -2.25. The van der Waals surface area contributed by atoms with Crippen LogP contribution in [0.3, 0.4) is 0 Å². The maximum atomic E-state index is 14.6. The van der Waals surface area contributed by atoms with Crippen molar-refractivity contribution in [3.05, 3.63) is 59.4 Å². The van der Waals surface area contributed by atoms with E-state index < -0.39 is 23.7 Å². The highest BCUT2D eigenvalue weighted by Gasteiger charge is 2.37. The van der Waals surface area contributed by atoms with E-state index in [4.69, 9.17) is 11.6 Å². The van der Waals surface area contributed by atoms with Crippen LogP contribution >= 0.6 is 11.6 Å². The largest absolute Gasteiger partial charge is 0.373 e. The number of nitrogens with zero attached hydrogens (tertiary/aromatic N) is 2. The molecule has 3 amide bonds. The van der Waals surface area contributed by atoms with Gasteiger partial charge in [0.25, 0.3) is 5.91 Å². The van der Waals surface area contributed by atoms with Gasteiger partial charge in [-0.1, -0.05) is 29.3 Å². The Morgan fingerprint density at radius 1 is 1.30 bits per heavy atom. The Hall–Kier alpha value is -2.93. The zero-order valence-corrected chi connectivity index (χ0v) is 18.1. The Labute approximate surface area is 180 Å². The van der Waals surface area contributed by atoms with Crippen LogP contribution in [0.2, 0.25) is 5.02 Å². The molecule has 1 aromatic carbocycles. The number of amides is 3. The lowest BCUT2D eigenvalue weighted by Crippen LogP contribution is -2.41. The van der Waals surface area contributed by atoms with Gasteiger partial charge in [0.1, 0.15) is 11.9 Å². The summed E-state index contributed by atoms with van der Waals surface area (Å²) in [6, 6.07) is 1.58. The Morgan fingerprint density at radius 2 is 1.90 bits per heavy atom. The Kier molecular flexibility index (Phi) is 7.56. The SMILES string of the molecule is C=CCN(CC=C)C(=O)C(C)Nc1cc(N2C(=O)CC(=C(C)C)C2=O)c(F)cc1Cl. The number of carbonyl (C=O) groups is 3. The van der Waals surface area contributed by atoms with E-state index in [0.717, 1.165) is 11.0 Å². The van der Waals surface area contributed by atoms with Gasteiger partial charge in [-0.3, -0.25) is 14.4 Å². The Morgan fingerprint density at radius 3 is 2.40 bits per heavy atom. The van der Waals surface area contributed by atoms with Gasteiger partial charge in [0, 0.05) is 18.7 Å². The van der Waals surface area contributed by atoms with Gasteiger partial charge < -0.3 is 10.2 Å². The number of halogens is 2. The molecule has 0 aromatic heterocycles. The second-order valence-electron chi connectivity index (χ2n) is 7.16. The minimum Gasteiger partial charge on any atom is -0.373 e. The molecule has 6 nitrogen and oxygen atoms in total. The van der Waals surface area contributed by atoms with Crippen molar-refractivity contribution in [3.63, 3.8) is 0 Å². The van der Waals surface area contributed by atoms with Crippen molar-refractivity contribution in [2.75, 3.05) is 23.3 Å². The van der Waals surface area contributed by atoms with E-state index in [1.165, 1.54) is 11.0 Å². The van der Waals surface area contributed by atoms with Crippen LogP contribution in [0.4, 0.5) is 15.8 Å². The number of anilines is 2. The first-order valence-corrected chi connectivity index (χ1v) is 9.79. The van der Waals surface area contributed by atoms with Crippen LogP contribution in [0.5, 0.6) is 0 Å². The molecule has 160 valence electrons. The summed E-state index contributed by atoms with van der Waals surface area (Å²) in [6.45, 7) is 13.0. The molecule has 1 aromatic rings. The van der Waals surface area contributed by atoms with Crippen molar-refractivity contribution in [3.8, 4) is 0 Å². The number of imide groups is 1. The van der Waals surface area contributed by atoms with Gasteiger partial charge in [-0.15, -0.1) is 13.2 Å². The standard InChI is InChI=1S/C22H25ClFN3O3/c1-6-8-26(9-7-2)21(29)14(5)25-18-12-19(17(24)11-16(18)23)27-20(28)10-15(13(3)4)22(27)30/h6-7,11-12,14,25H,1-2,8-10H2,3-5H3. The van der Waals surface area contributed by atoms with Crippen LogP contribution in [-0.2, 0) is 14.4 Å². The third kappa shape index (κ3) is 4.79. The molecule has 0 aliphatic carbocycles. The lowest BCUT2D eigenvalue weighted by molar-refractivity contribution is -0.130. The lowest BCUT2D eigenvalue weighted by atomic mass is 10.1. The fourth-order valence-electron chi connectivity index (χ4n) is 3.14. The number of benzene rings is 1. The fraction of sp³-hybridized carbons (Fsp3) is 0.318. The van der Waals surface area contributed by atoms with Gasteiger partial charge in [-0.2, -0.15) is 0 Å². The van der Waals surface area contributed by atoms with Gasteiger partial charge in [0.05, 0.1) is 22.8 Å². The third-order valence-corrected chi connectivity index (χ3v) is 4.99. The molecule has 30 heavy (non-hydrogen) atoms. The van der Waals surface area contributed by atoms with Crippen molar-refractivity contribution in [1.82, 2.24) is 4.90 Å². The number of allylic oxidation sites excluding steroid dienone is 1. The normalized spacial score (nSPS) is 14.6. The van der Waals surface area contributed by atoms with Crippen molar-refractivity contribution in [2.45, 2.75) is 33.2 Å². The minimum absolute atomic E-state index is 0.0245. The van der Waals surface area contributed by atoms with Gasteiger partial charge in [-0.05, 0) is 32.9 Å². The zero-order chi connectivity index (χ0) is 22.6. The summed E-state index contributed by atoms with van der Waals surface area (Å²) >= 11 is 6.15. The molecule has 1 fully saturated rings. The molecule has 1 unspecified atom stereocenters. The molecule has 0 bridgehead atoms. The number of carbonyl (C=O) groups excluding carboxylic acids is 3. The van der Waals surface area contributed by atoms with Gasteiger partial charge >= 0.3 is 0 Å². The van der Waals surface area contributed by atoms with E-state index in [9.17, 15) is 18.8 Å². The predicted octanol–water partition coefficient (Wildman–Crippen LogP) is 4.08. The smallest absolute Gasteiger partial charge is 0.261 e. The van der Waals surface area contributed by atoms with Crippen LogP contribution in [0.1, 0.15) is 27.2 Å². The first kappa shape index (κ1) is 23.3. The highest BCUT2D eigenvalue weighted by atomic mass is 35.5. The molecule has 0 radical (unpaired) electrons. The van der Waals surface area contributed by atoms with E-state index in [-0.39, 0.29) is 28.7 Å². The minimum atomic E-state index is -0.804. The van der Waals surface area contributed by atoms with Crippen molar-refractivity contribution >= 4 is 40.7 Å². The molecular weight excluding hydrogens is 409 g/mol. The van der Waals surface area contributed by atoms with E-state index in [1.807, 2.05) is 0 Å². The number of hydrogen-bond acceptors (Lipinski definition) is 4. The predicted molar refractivity (Wildman–Crippen MR) is 117 cm³/mol. The maximum Gasteiger partial charge on any atom is 0.261 e. The molecule has 1 aliphatic heterocycles. The van der Waals surface area contributed by atoms with E-state index in [2.05, 4.69) is 18.5 Å². The highest BCUT2D eigenvalue weighted by Crippen LogP contribution is 2.35. The summed E-state index contributed by atoms with van der Waals surface area (Å²) in [5.41, 5.74) is 1.07. The van der Waals surface area contributed by atoms with E-state index >= 15 is 0 Å². The molecule has 1 aliphatic rings. The number of rotatable bonds is 8. The summed E-state index contributed by atoms with van der Waals surface area (Å²) in [5, 5.41) is 2.97. The van der Waals surface area contributed by atoms with Gasteiger partial charge in [-0.25, -0.2) is 9.29 Å². The van der Waals surface area contributed by atoms with Gasteiger partial charge in [0.2, 0.25) is 11.8 Å². The van der Waals surface area contributed by atoms with Crippen LogP contribution in [-0.4, -0.2) is 41.8 Å². The summed E-state index contributed by atoms with van der Waals surface area (Å²) in [7, 11) is 0. The maximum absolute atomic E-state index is 14.6. The molecule has 8 heteroatoms. The van der Waals surface area contributed by atoms with Crippen molar-refractivity contribution in [2.24, 2.45) is 0 Å². The second-order valence-corrected chi connectivity index (χ2v) is 7.57. The van der Waals surface area contributed by atoms with Crippen LogP contribution in [0.25, 0.3) is 0 Å². The first-order valence-electron chi connectivity index (χ1n) is 9.42. The average molecular weight is 434 g/mol. The topological polar surface area (TPSA) is 69.7 Å². The first-order chi connectivity index (χ1) is 14.1. The molecule has 0 spiro atoms. The summed E-state index contributed by atoms with van der Waals surface area (Å²) in [6.07, 6.45) is 3.12. The Balaban J connectivity index is 2.35. The molecular formula is C22H25ClFN3O3. The van der Waals surface area contributed by atoms with Crippen molar-refractivity contribution in [1.29, 1.82) is 0 Å². The summed E-state index contributed by atoms with van der Waals surface area (Å²) < 4.78 is 14.6. The van der Waals surface area contributed by atoms with E-state index in [1.54, 1.807) is 32.9 Å². The number of nitrogens with one attached hydrogen (secondary N) is 1.